The Balaban J connectivity index is 1.45. The summed E-state index contributed by atoms with van der Waals surface area (Å²) in [5, 5.41) is 7.13. The zero-order chi connectivity index (χ0) is 16.8. The number of piperidine rings is 1. The first kappa shape index (κ1) is 17.3. The van der Waals surface area contributed by atoms with Gasteiger partial charge in [0.25, 0.3) is 0 Å². The number of aliphatic imine (C=N–C) groups is 1. The van der Waals surface area contributed by atoms with E-state index in [0.29, 0.717) is 12.0 Å². The van der Waals surface area contributed by atoms with E-state index < -0.39 is 0 Å². The molecule has 5 nitrogen and oxygen atoms in total. The minimum Gasteiger partial charge on any atom is -0.469 e. The monoisotopic (exact) mass is 332 g/mol. The van der Waals surface area contributed by atoms with Gasteiger partial charge in [-0.05, 0) is 43.7 Å². The fourth-order valence-corrected chi connectivity index (χ4v) is 3.23. The highest BCUT2D eigenvalue weighted by atomic mass is 16.3. The molecule has 24 heavy (non-hydrogen) atoms. The molecule has 0 radical (unpaired) electrons. The van der Waals surface area contributed by atoms with Crippen LogP contribution < -0.4 is 10.6 Å². The molecule has 1 aromatic heterocycles. The summed E-state index contributed by atoms with van der Waals surface area (Å²) in [6.07, 6.45) is 7.87. The van der Waals surface area contributed by atoms with E-state index in [2.05, 4.69) is 29.4 Å². The van der Waals surface area contributed by atoms with E-state index in [1.54, 1.807) is 6.26 Å². The first-order valence-electron chi connectivity index (χ1n) is 9.52. The van der Waals surface area contributed by atoms with Crippen LogP contribution in [0.15, 0.2) is 27.8 Å². The summed E-state index contributed by atoms with van der Waals surface area (Å²) in [5.74, 6) is 2.55. The number of hydrogen-bond acceptors (Lipinski definition) is 3. The zero-order valence-electron chi connectivity index (χ0n) is 15.1. The molecule has 1 saturated heterocycles. The molecule has 1 aliphatic heterocycles. The van der Waals surface area contributed by atoms with Crippen molar-refractivity contribution < 1.29 is 4.42 Å². The lowest BCUT2D eigenvalue weighted by Gasteiger charge is -2.33. The van der Waals surface area contributed by atoms with Crippen molar-refractivity contribution in [2.75, 3.05) is 26.2 Å². The largest absolute Gasteiger partial charge is 0.469 e. The number of hydrogen-bond donors (Lipinski definition) is 2. The molecule has 0 atom stereocenters. The van der Waals surface area contributed by atoms with Gasteiger partial charge in [-0.3, -0.25) is 4.99 Å². The Bertz CT molecular complexity index is 499. The molecule has 134 valence electrons. The molecule has 1 saturated carbocycles. The lowest BCUT2D eigenvalue weighted by molar-refractivity contribution is 0.197. The predicted octanol–water partition coefficient (Wildman–Crippen LogP) is 2.64. The number of nitrogens with zero attached hydrogens (tertiary/aromatic N) is 2. The Labute approximate surface area is 145 Å². The van der Waals surface area contributed by atoms with Crippen molar-refractivity contribution >= 4 is 5.96 Å². The lowest BCUT2D eigenvalue weighted by atomic mass is 10.1. The van der Waals surface area contributed by atoms with E-state index in [-0.39, 0.29) is 0 Å². The summed E-state index contributed by atoms with van der Waals surface area (Å²) in [6, 6.07) is 5.40. The van der Waals surface area contributed by atoms with Gasteiger partial charge in [0.1, 0.15) is 5.76 Å². The third-order valence-corrected chi connectivity index (χ3v) is 4.79. The maximum Gasteiger partial charge on any atom is 0.191 e. The van der Waals surface area contributed by atoms with Crippen LogP contribution in [0.25, 0.3) is 0 Å². The molecule has 2 heterocycles. The van der Waals surface area contributed by atoms with Gasteiger partial charge in [-0.25, -0.2) is 0 Å². The third-order valence-electron chi connectivity index (χ3n) is 4.79. The molecule has 1 aromatic rings. The molecule has 5 heteroatoms. The Morgan fingerprint density at radius 3 is 2.71 bits per heavy atom. The quantitative estimate of drug-likeness (QED) is 0.595. The highest BCUT2D eigenvalue weighted by molar-refractivity contribution is 5.80. The van der Waals surface area contributed by atoms with E-state index in [1.165, 1.54) is 38.8 Å². The Morgan fingerprint density at radius 1 is 1.29 bits per heavy atom. The highest BCUT2D eigenvalue weighted by Crippen LogP contribution is 2.29. The molecule has 2 fully saturated rings. The van der Waals surface area contributed by atoms with E-state index in [9.17, 15) is 0 Å². The van der Waals surface area contributed by atoms with Crippen molar-refractivity contribution in [1.29, 1.82) is 0 Å². The van der Waals surface area contributed by atoms with Crippen molar-refractivity contribution in [3.05, 3.63) is 24.2 Å². The second-order valence-corrected chi connectivity index (χ2v) is 7.53. The van der Waals surface area contributed by atoms with Gasteiger partial charge in [0.2, 0.25) is 0 Å². The van der Waals surface area contributed by atoms with Crippen molar-refractivity contribution in [2.45, 2.75) is 58.0 Å². The Hall–Kier alpha value is -1.49. The first-order valence-corrected chi connectivity index (χ1v) is 9.52. The summed E-state index contributed by atoms with van der Waals surface area (Å²) in [7, 11) is 0. The van der Waals surface area contributed by atoms with E-state index >= 15 is 0 Å². The van der Waals surface area contributed by atoms with E-state index in [0.717, 1.165) is 37.3 Å². The summed E-state index contributed by atoms with van der Waals surface area (Å²) in [6.45, 7) is 8.57. The molecule has 0 bridgehead atoms. The summed E-state index contributed by atoms with van der Waals surface area (Å²) < 4.78 is 5.40. The summed E-state index contributed by atoms with van der Waals surface area (Å²) >= 11 is 0. The van der Waals surface area contributed by atoms with Crippen molar-refractivity contribution in [3.63, 3.8) is 0 Å². The highest BCUT2D eigenvalue weighted by Gasteiger charge is 2.31. The van der Waals surface area contributed by atoms with Gasteiger partial charge in [0.15, 0.2) is 5.96 Å². The fourth-order valence-electron chi connectivity index (χ4n) is 3.23. The van der Waals surface area contributed by atoms with Crippen LogP contribution in [0.1, 0.15) is 45.3 Å². The molecule has 0 amide bonds. The summed E-state index contributed by atoms with van der Waals surface area (Å²) in [5.41, 5.74) is 0. The molecule has 1 aliphatic carbocycles. The Kier molecular flexibility index (Phi) is 6.18. The van der Waals surface area contributed by atoms with Crippen LogP contribution in [0.5, 0.6) is 0 Å². The van der Waals surface area contributed by atoms with Gasteiger partial charge in [-0.1, -0.05) is 13.8 Å². The molecule has 2 N–H and O–H groups in total. The number of nitrogens with one attached hydrogen (secondary N) is 2. The third kappa shape index (κ3) is 5.55. The van der Waals surface area contributed by atoms with Crippen molar-refractivity contribution in [1.82, 2.24) is 15.5 Å². The van der Waals surface area contributed by atoms with Crippen LogP contribution in [-0.4, -0.2) is 49.1 Å². The van der Waals surface area contributed by atoms with Gasteiger partial charge in [-0.2, -0.15) is 0 Å². The number of likely N-dealkylation sites (tertiary alicyclic amines) is 1. The van der Waals surface area contributed by atoms with Crippen molar-refractivity contribution in [3.8, 4) is 0 Å². The fraction of sp³-hybridized carbons (Fsp3) is 0.737. The molecular formula is C19H32N4O. The molecule has 0 unspecified atom stereocenters. The Morgan fingerprint density at radius 2 is 2.08 bits per heavy atom. The first-order chi connectivity index (χ1) is 11.7. The molecule has 0 spiro atoms. The van der Waals surface area contributed by atoms with Crippen LogP contribution in [-0.2, 0) is 6.42 Å². The zero-order valence-corrected chi connectivity index (χ0v) is 15.1. The standard InChI is InChI=1S/C19H32N4O/c1-15(2)14-21-19(20-10-7-18-4-3-13-24-18)22-16-8-11-23(12-9-16)17-5-6-17/h3-4,13,15-17H,5-12,14H2,1-2H3,(H2,20,21,22). The van der Waals surface area contributed by atoms with Crippen molar-refractivity contribution in [2.24, 2.45) is 10.9 Å². The maximum absolute atomic E-state index is 5.40. The van der Waals surface area contributed by atoms with Crippen LogP contribution in [0, 0.1) is 5.92 Å². The van der Waals surface area contributed by atoms with Gasteiger partial charge in [0.05, 0.1) is 6.26 Å². The van der Waals surface area contributed by atoms with Gasteiger partial charge in [0, 0.05) is 44.7 Å². The normalized spacial score (nSPS) is 20.5. The van der Waals surface area contributed by atoms with Crippen LogP contribution in [0.2, 0.25) is 0 Å². The van der Waals surface area contributed by atoms with Gasteiger partial charge < -0.3 is 20.0 Å². The lowest BCUT2D eigenvalue weighted by Crippen LogP contribution is -2.49. The van der Waals surface area contributed by atoms with Crippen LogP contribution in [0.3, 0.4) is 0 Å². The minimum absolute atomic E-state index is 0.544. The molecule has 2 aliphatic rings. The summed E-state index contributed by atoms with van der Waals surface area (Å²) in [4.78, 5) is 7.41. The average molecular weight is 332 g/mol. The second kappa shape index (κ2) is 8.56. The average Bonchev–Trinajstić information content (AvgIpc) is 3.30. The molecule has 3 rings (SSSR count). The maximum atomic E-state index is 5.40. The van der Waals surface area contributed by atoms with Crippen LogP contribution in [0.4, 0.5) is 0 Å². The predicted molar refractivity (Wildman–Crippen MR) is 98.3 cm³/mol. The topological polar surface area (TPSA) is 52.8 Å². The SMILES string of the molecule is CC(C)CN=C(NCCc1ccco1)NC1CCN(C2CC2)CC1. The molecule has 0 aromatic carbocycles. The van der Waals surface area contributed by atoms with Crippen LogP contribution >= 0.6 is 0 Å². The smallest absolute Gasteiger partial charge is 0.191 e. The van der Waals surface area contributed by atoms with E-state index in [1.807, 2.05) is 12.1 Å². The van der Waals surface area contributed by atoms with E-state index in [4.69, 9.17) is 9.41 Å². The number of furan rings is 1. The second-order valence-electron chi connectivity index (χ2n) is 7.53. The number of guanidine groups is 1. The van der Waals surface area contributed by atoms with Gasteiger partial charge >= 0.3 is 0 Å². The van der Waals surface area contributed by atoms with Gasteiger partial charge in [-0.15, -0.1) is 0 Å². The number of rotatable bonds is 7. The molecular weight excluding hydrogens is 300 g/mol. The minimum atomic E-state index is 0.544.